The number of imide groups is 1. The van der Waals surface area contributed by atoms with E-state index in [0.29, 0.717) is 28.8 Å². The van der Waals surface area contributed by atoms with Crippen LogP contribution in [0.15, 0.2) is 90.0 Å². The second-order valence-corrected chi connectivity index (χ2v) is 8.32. The Bertz CT molecular complexity index is 1270. The lowest BCUT2D eigenvalue weighted by atomic mass is 10.0. The van der Waals surface area contributed by atoms with E-state index in [0.717, 1.165) is 10.5 Å². The number of rotatable bonds is 9. The Kier molecular flexibility index (Phi) is 7.65. The largest absolute Gasteiger partial charge is 0.345 e. The van der Waals surface area contributed by atoms with E-state index in [1.54, 1.807) is 48.5 Å². The molecule has 0 radical (unpaired) electrons. The molecule has 2 N–H and O–H groups in total. The van der Waals surface area contributed by atoms with E-state index < -0.39 is 11.9 Å². The number of carbonyl (C=O) groups is 4. The number of nitrogens with one attached hydrogen (secondary N) is 2. The van der Waals surface area contributed by atoms with Crippen LogP contribution < -0.4 is 10.7 Å². The quantitative estimate of drug-likeness (QED) is 0.275. The molecule has 0 aromatic heterocycles. The van der Waals surface area contributed by atoms with Gasteiger partial charge in [0.05, 0.1) is 35.8 Å². The van der Waals surface area contributed by atoms with Gasteiger partial charge in [0.25, 0.3) is 17.7 Å². The first kappa shape index (κ1) is 24.5. The van der Waals surface area contributed by atoms with Crippen LogP contribution in [0.5, 0.6) is 0 Å². The van der Waals surface area contributed by atoms with Gasteiger partial charge in [-0.25, -0.2) is 5.43 Å². The number of amides is 4. The molecule has 0 bridgehead atoms. The van der Waals surface area contributed by atoms with Gasteiger partial charge < -0.3 is 5.32 Å². The predicted octanol–water partition coefficient (Wildman–Crippen LogP) is 3.73. The van der Waals surface area contributed by atoms with Crippen molar-refractivity contribution in [3.8, 4) is 0 Å². The molecule has 8 nitrogen and oxygen atoms in total. The van der Waals surface area contributed by atoms with Gasteiger partial charge in [0.2, 0.25) is 5.91 Å². The molecule has 0 fully saturated rings. The third-order valence-corrected chi connectivity index (χ3v) is 5.90. The van der Waals surface area contributed by atoms with Crippen LogP contribution in [0.4, 0.5) is 0 Å². The van der Waals surface area contributed by atoms with Crippen molar-refractivity contribution in [3.05, 3.63) is 107 Å². The number of benzene rings is 3. The van der Waals surface area contributed by atoms with E-state index in [1.807, 2.05) is 43.3 Å². The maximum atomic E-state index is 12.8. The molecule has 1 aliphatic rings. The molecule has 1 atom stereocenters. The number of hydrazone groups is 1. The van der Waals surface area contributed by atoms with Crippen LogP contribution in [-0.4, -0.2) is 40.8 Å². The van der Waals surface area contributed by atoms with Gasteiger partial charge >= 0.3 is 0 Å². The molecule has 1 heterocycles. The van der Waals surface area contributed by atoms with Gasteiger partial charge in [-0.05, 0) is 36.2 Å². The minimum Gasteiger partial charge on any atom is -0.345 e. The molecule has 182 valence electrons. The normalized spacial score (nSPS) is 13.8. The van der Waals surface area contributed by atoms with Crippen LogP contribution >= 0.6 is 0 Å². The zero-order valence-corrected chi connectivity index (χ0v) is 19.8. The summed E-state index contributed by atoms with van der Waals surface area (Å²) in [5.74, 6) is -1.46. The van der Waals surface area contributed by atoms with E-state index in [9.17, 15) is 19.2 Å². The minimum atomic E-state index is -0.574. The number of fused-ring (bicyclic) bond motifs is 1. The summed E-state index contributed by atoms with van der Waals surface area (Å²) in [5, 5.41) is 7.10. The third kappa shape index (κ3) is 5.55. The van der Waals surface area contributed by atoms with Gasteiger partial charge in [-0.15, -0.1) is 0 Å². The Morgan fingerprint density at radius 3 is 1.97 bits per heavy atom. The topological polar surface area (TPSA) is 108 Å². The molecule has 8 heteroatoms. The van der Waals surface area contributed by atoms with Gasteiger partial charge in [-0.1, -0.05) is 67.6 Å². The van der Waals surface area contributed by atoms with Crippen molar-refractivity contribution in [2.75, 3.05) is 6.54 Å². The summed E-state index contributed by atoms with van der Waals surface area (Å²) in [5.41, 5.74) is 4.99. The molecule has 0 saturated heterocycles. The van der Waals surface area contributed by atoms with Crippen LogP contribution in [0, 0.1) is 0 Å². The SMILES string of the molecule is CCC(CN1C(=O)c2ccccc2C1=O)=NNC(=O)CC(NC(=O)c1ccccc1)c1ccccc1. The van der Waals surface area contributed by atoms with E-state index >= 15 is 0 Å². The van der Waals surface area contributed by atoms with Gasteiger partial charge in [-0.3, -0.25) is 24.1 Å². The van der Waals surface area contributed by atoms with Crippen LogP contribution in [0.1, 0.15) is 62.4 Å². The highest BCUT2D eigenvalue weighted by Gasteiger charge is 2.35. The zero-order valence-electron chi connectivity index (χ0n) is 19.8. The summed E-state index contributed by atoms with van der Waals surface area (Å²) in [4.78, 5) is 51.9. The van der Waals surface area contributed by atoms with Crippen molar-refractivity contribution in [1.82, 2.24) is 15.6 Å². The Balaban J connectivity index is 1.43. The van der Waals surface area contributed by atoms with Crippen LogP contribution in [0.3, 0.4) is 0 Å². The van der Waals surface area contributed by atoms with Crippen molar-refractivity contribution in [3.63, 3.8) is 0 Å². The molecule has 0 spiro atoms. The van der Waals surface area contributed by atoms with Crippen molar-refractivity contribution in [1.29, 1.82) is 0 Å². The standard InChI is InChI=1S/C28H26N4O4/c1-2-21(18-32-27(35)22-15-9-10-16-23(22)28(32)36)30-31-25(33)17-24(19-11-5-3-6-12-19)29-26(34)20-13-7-4-8-14-20/h3-16,24H,2,17-18H2,1H3,(H,29,34)(H,31,33). The Morgan fingerprint density at radius 1 is 0.833 bits per heavy atom. The van der Waals surface area contributed by atoms with Gasteiger partial charge in [-0.2, -0.15) is 5.10 Å². The average Bonchev–Trinajstić information content (AvgIpc) is 3.16. The summed E-state index contributed by atoms with van der Waals surface area (Å²) in [6.07, 6.45) is 0.386. The van der Waals surface area contributed by atoms with Gasteiger partial charge in [0, 0.05) is 5.56 Å². The van der Waals surface area contributed by atoms with Gasteiger partial charge in [0.15, 0.2) is 0 Å². The van der Waals surface area contributed by atoms with E-state index in [1.165, 1.54) is 0 Å². The summed E-state index contributed by atoms with van der Waals surface area (Å²) in [7, 11) is 0. The first-order valence-electron chi connectivity index (χ1n) is 11.7. The molecule has 1 aliphatic heterocycles. The molecule has 36 heavy (non-hydrogen) atoms. The van der Waals surface area contributed by atoms with Crippen LogP contribution in [-0.2, 0) is 4.79 Å². The first-order chi connectivity index (χ1) is 17.5. The Labute approximate surface area is 209 Å². The number of hydrogen-bond donors (Lipinski definition) is 2. The van der Waals surface area contributed by atoms with E-state index in [4.69, 9.17) is 0 Å². The highest BCUT2D eigenvalue weighted by Crippen LogP contribution is 2.22. The number of carbonyl (C=O) groups excluding carboxylic acids is 4. The summed E-state index contributed by atoms with van der Waals surface area (Å²) >= 11 is 0. The fourth-order valence-electron chi connectivity index (χ4n) is 3.93. The number of nitrogens with zero attached hydrogens (tertiary/aromatic N) is 2. The van der Waals surface area contributed by atoms with Gasteiger partial charge in [0.1, 0.15) is 0 Å². The van der Waals surface area contributed by atoms with Crippen molar-refractivity contribution < 1.29 is 19.2 Å². The Morgan fingerprint density at radius 2 is 1.39 bits per heavy atom. The van der Waals surface area contributed by atoms with Crippen molar-refractivity contribution in [2.24, 2.45) is 5.10 Å². The lowest BCUT2D eigenvalue weighted by molar-refractivity contribution is -0.121. The van der Waals surface area contributed by atoms with Crippen LogP contribution in [0.25, 0.3) is 0 Å². The van der Waals surface area contributed by atoms with Crippen LogP contribution in [0.2, 0.25) is 0 Å². The molecule has 3 aromatic rings. The molecule has 0 saturated carbocycles. The van der Waals surface area contributed by atoms with Crippen molar-refractivity contribution >= 4 is 29.3 Å². The maximum Gasteiger partial charge on any atom is 0.261 e. The second-order valence-electron chi connectivity index (χ2n) is 8.32. The molecule has 0 aliphatic carbocycles. The average molecular weight is 483 g/mol. The lowest BCUT2D eigenvalue weighted by Gasteiger charge is -2.19. The predicted molar refractivity (Wildman–Crippen MR) is 135 cm³/mol. The summed E-state index contributed by atoms with van der Waals surface area (Å²) in [6, 6.07) is 24.1. The molecule has 1 unspecified atom stereocenters. The first-order valence-corrected chi connectivity index (χ1v) is 11.7. The Hall–Kier alpha value is -4.59. The molecular weight excluding hydrogens is 456 g/mol. The summed E-state index contributed by atoms with van der Waals surface area (Å²) in [6.45, 7) is 1.81. The lowest BCUT2D eigenvalue weighted by Crippen LogP contribution is -2.36. The fourth-order valence-corrected chi connectivity index (χ4v) is 3.93. The zero-order chi connectivity index (χ0) is 25.5. The molecule has 3 aromatic carbocycles. The van der Waals surface area contributed by atoms with E-state index in [2.05, 4.69) is 15.8 Å². The second kappa shape index (κ2) is 11.2. The van der Waals surface area contributed by atoms with E-state index in [-0.39, 0.29) is 30.7 Å². The third-order valence-electron chi connectivity index (χ3n) is 5.90. The molecule has 4 rings (SSSR count). The van der Waals surface area contributed by atoms with Crippen molar-refractivity contribution in [2.45, 2.75) is 25.8 Å². The number of hydrogen-bond acceptors (Lipinski definition) is 5. The highest BCUT2D eigenvalue weighted by atomic mass is 16.2. The summed E-state index contributed by atoms with van der Waals surface area (Å²) < 4.78 is 0. The maximum absolute atomic E-state index is 12.8. The minimum absolute atomic E-state index is 0.0179. The molecular formula is C28H26N4O4. The fraction of sp³-hybridized carbons (Fsp3) is 0.179. The monoisotopic (exact) mass is 482 g/mol. The highest BCUT2D eigenvalue weighted by molar-refractivity contribution is 6.22. The molecule has 4 amide bonds. The smallest absolute Gasteiger partial charge is 0.261 e.